The number of carboxylic acids is 1. The number of rotatable bonds is 4. The van der Waals surface area contributed by atoms with Gasteiger partial charge in [0.2, 0.25) is 5.91 Å². The standard InChI is InChI=1S/C12H18N4O5S/c1-7(13)11(17)15-5-2-3-9(15)8-4-6-16(22(14,20)21)10(8)12(18)19/h4,6-7,9H,2-3,5,13H2,1H3,(H,18,19)(H2,14,20,21)/t7-,9?/m0/s1. The van der Waals surface area contributed by atoms with Crippen molar-refractivity contribution in [2.45, 2.75) is 31.8 Å². The zero-order chi connectivity index (χ0) is 16.7. The maximum atomic E-state index is 12.1. The van der Waals surface area contributed by atoms with Crippen LogP contribution in [0.4, 0.5) is 0 Å². The first kappa shape index (κ1) is 16.5. The van der Waals surface area contributed by atoms with E-state index >= 15 is 0 Å². The van der Waals surface area contributed by atoms with E-state index in [4.69, 9.17) is 10.9 Å². The zero-order valence-electron chi connectivity index (χ0n) is 12.0. The number of hydrogen-bond donors (Lipinski definition) is 3. The Kier molecular flexibility index (Phi) is 4.27. The first-order chi connectivity index (χ1) is 10.1. The van der Waals surface area contributed by atoms with Crippen molar-refractivity contribution in [2.24, 2.45) is 10.9 Å². The Morgan fingerprint density at radius 1 is 1.45 bits per heavy atom. The molecular weight excluding hydrogens is 312 g/mol. The highest BCUT2D eigenvalue weighted by Crippen LogP contribution is 2.35. The second kappa shape index (κ2) is 5.71. The first-order valence-electron chi connectivity index (χ1n) is 6.68. The summed E-state index contributed by atoms with van der Waals surface area (Å²) in [4.78, 5) is 25.1. The molecule has 0 aliphatic carbocycles. The Hall–Kier alpha value is -1.91. The molecule has 1 amide bonds. The minimum atomic E-state index is -4.23. The van der Waals surface area contributed by atoms with E-state index in [2.05, 4.69) is 0 Å². The molecule has 2 heterocycles. The molecule has 0 spiro atoms. The molecule has 0 saturated carbocycles. The summed E-state index contributed by atoms with van der Waals surface area (Å²) in [6.45, 7) is 2.00. The molecule has 1 fully saturated rings. The van der Waals surface area contributed by atoms with Crippen LogP contribution in [0.5, 0.6) is 0 Å². The highest BCUT2D eigenvalue weighted by molar-refractivity contribution is 7.87. The van der Waals surface area contributed by atoms with Crippen LogP contribution in [0.15, 0.2) is 12.3 Å². The minimum Gasteiger partial charge on any atom is -0.477 e. The summed E-state index contributed by atoms with van der Waals surface area (Å²) in [6, 6.07) is 0.132. The smallest absolute Gasteiger partial charge is 0.353 e. The molecule has 2 atom stereocenters. The quantitative estimate of drug-likeness (QED) is 0.661. The van der Waals surface area contributed by atoms with Crippen molar-refractivity contribution in [2.75, 3.05) is 6.54 Å². The molecule has 0 radical (unpaired) electrons. The molecular formula is C12H18N4O5S. The van der Waals surface area contributed by atoms with Crippen LogP contribution in [0.25, 0.3) is 0 Å². The molecule has 0 bridgehead atoms. The fraction of sp³-hybridized carbons (Fsp3) is 0.500. The summed E-state index contributed by atoms with van der Waals surface area (Å²) in [6.07, 6.45) is 2.30. The number of carboxylic acid groups (broad SMARTS) is 1. The Balaban J connectivity index is 2.51. The van der Waals surface area contributed by atoms with Crippen LogP contribution in [-0.2, 0) is 15.0 Å². The molecule has 22 heavy (non-hydrogen) atoms. The second-order valence-corrected chi connectivity index (χ2v) is 6.67. The average Bonchev–Trinajstić information content (AvgIpc) is 3.02. The maximum absolute atomic E-state index is 12.1. The molecule has 5 N–H and O–H groups in total. The van der Waals surface area contributed by atoms with E-state index in [1.165, 1.54) is 11.0 Å². The Morgan fingerprint density at radius 3 is 2.59 bits per heavy atom. The highest BCUT2D eigenvalue weighted by Gasteiger charge is 2.36. The lowest BCUT2D eigenvalue weighted by Gasteiger charge is -2.26. The maximum Gasteiger partial charge on any atom is 0.353 e. The highest BCUT2D eigenvalue weighted by atomic mass is 32.2. The number of amides is 1. The fourth-order valence-electron chi connectivity index (χ4n) is 2.74. The summed E-state index contributed by atoms with van der Waals surface area (Å²) in [7, 11) is -4.23. The van der Waals surface area contributed by atoms with Gasteiger partial charge in [-0.1, -0.05) is 0 Å². The minimum absolute atomic E-state index is 0.244. The van der Waals surface area contributed by atoms with Crippen LogP contribution in [0, 0.1) is 0 Å². The lowest BCUT2D eigenvalue weighted by molar-refractivity contribution is -0.133. The van der Waals surface area contributed by atoms with Crippen LogP contribution in [-0.4, -0.2) is 46.9 Å². The molecule has 9 nitrogen and oxygen atoms in total. The summed E-state index contributed by atoms with van der Waals surface area (Å²) in [5.41, 5.74) is 5.40. The SMILES string of the molecule is C[C@H](N)C(=O)N1CCCC1c1ccn(S(N)(=O)=O)c1C(=O)O. The van der Waals surface area contributed by atoms with Crippen molar-refractivity contribution < 1.29 is 23.1 Å². The van der Waals surface area contributed by atoms with Gasteiger partial charge >= 0.3 is 16.2 Å². The van der Waals surface area contributed by atoms with E-state index < -0.39 is 34.0 Å². The van der Waals surface area contributed by atoms with E-state index in [1.807, 2.05) is 0 Å². The van der Waals surface area contributed by atoms with Crippen molar-refractivity contribution in [3.63, 3.8) is 0 Å². The summed E-state index contributed by atoms with van der Waals surface area (Å²) < 4.78 is 23.5. The number of aromatic nitrogens is 1. The molecule has 1 aromatic heterocycles. The van der Waals surface area contributed by atoms with E-state index in [-0.39, 0.29) is 11.5 Å². The second-order valence-electron chi connectivity index (χ2n) is 5.24. The molecule has 1 aliphatic rings. The van der Waals surface area contributed by atoms with E-state index in [1.54, 1.807) is 6.92 Å². The van der Waals surface area contributed by atoms with E-state index in [0.29, 0.717) is 23.4 Å². The largest absolute Gasteiger partial charge is 0.477 e. The van der Waals surface area contributed by atoms with Gasteiger partial charge < -0.3 is 15.7 Å². The van der Waals surface area contributed by atoms with Gasteiger partial charge in [0, 0.05) is 18.3 Å². The molecule has 2 rings (SSSR count). The van der Waals surface area contributed by atoms with Crippen LogP contribution in [0.3, 0.4) is 0 Å². The number of aromatic carboxylic acids is 1. The Morgan fingerprint density at radius 2 is 2.09 bits per heavy atom. The van der Waals surface area contributed by atoms with Gasteiger partial charge in [-0.2, -0.15) is 8.42 Å². The van der Waals surface area contributed by atoms with Crippen molar-refractivity contribution >= 4 is 22.1 Å². The van der Waals surface area contributed by atoms with Gasteiger partial charge in [0.15, 0.2) is 0 Å². The number of hydrogen-bond acceptors (Lipinski definition) is 5. The first-order valence-corrected chi connectivity index (χ1v) is 8.18. The summed E-state index contributed by atoms with van der Waals surface area (Å²) >= 11 is 0. The number of nitrogens with two attached hydrogens (primary N) is 2. The third-order valence-electron chi connectivity index (χ3n) is 3.64. The number of likely N-dealkylation sites (tertiary alicyclic amines) is 1. The fourth-order valence-corrected chi connectivity index (χ4v) is 3.41. The van der Waals surface area contributed by atoms with Crippen LogP contribution < -0.4 is 10.9 Å². The average molecular weight is 330 g/mol. The Labute approximate surface area is 127 Å². The molecule has 1 unspecified atom stereocenters. The molecule has 1 saturated heterocycles. The van der Waals surface area contributed by atoms with Crippen molar-refractivity contribution in [1.29, 1.82) is 0 Å². The van der Waals surface area contributed by atoms with Crippen molar-refractivity contribution in [3.05, 3.63) is 23.5 Å². The van der Waals surface area contributed by atoms with Crippen LogP contribution in [0.2, 0.25) is 0 Å². The number of carbonyl (C=O) groups is 2. The van der Waals surface area contributed by atoms with Gasteiger partial charge in [0.25, 0.3) is 0 Å². The monoisotopic (exact) mass is 330 g/mol. The molecule has 0 aromatic carbocycles. The topological polar surface area (TPSA) is 149 Å². The molecule has 1 aliphatic heterocycles. The number of nitrogens with zero attached hydrogens (tertiary/aromatic N) is 2. The van der Waals surface area contributed by atoms with Crippen molar-refractivity contribution in [1.82, 2.24) is 8.87 Å². The van der Waals surface area contributed by atoms with Gasteiger partial charge in [0.1, 0.15) is 5.69 Å². The van der Waals surface area contributed by atoms with Gasteiger partial charge in [0.05, 0.1) is 12.1 Å². The summed E-state index contributed by atoms with van der Waals surface area (Å²) in [5, 5.41) is 14.3. The van der Waals surface area contributed by atoms with E-state index in [9.17, 15) is 23.1 Å². The third-order valence-corrected chi connectivity index (χ3v) is 4.50. The van der Waals surface area contributed by atoms with E-state index in [0.717, 1.165) is 6.20 Å². The lowest BCUT2D eigenvalue weighted by Crippen LogP contribution is -2.41. The van der Waals surface area contributed by atoms with Crippen LogP contribution >= 0.6 is 0 Å². The van der Waals surface area contributed by atoms with Gasteiger partial charge in [-0.05, 0) is 25.8 Å². The Bertz CT molecular complexity index is 709. The van der Waals surface area contributed by atoms with Gasteiger partial charge in [-0.15, -0.1) is 0 Å². The molecule has 10 heteroatoms. The normalized spacial score (nSPS) is 20.1. The van der Waals surface area contributed by atoms with Crippen LogP contribution in [0.1, 0.15) is 41.9 Å². The zero-order valence-corrected chi connectivity index (χ0v) is 12.8. The predicted molar refractivity (Wildman–Crippen MR) is 77.2 cm³/mol. The summed E-state index contributed by atoms with van der Waals surface area (Å²) in [5.74, 6) is -1.73. The number of carbonyl (C=O) groups excluding carboxylic acids is 1. The van der Waals surface area contributed by atoms with Crippen molar-refractivity contribution in [3.8, 4) is 0 Å². The van der Waals surface area contributed by atoms with Gasteiger partial charge in [-0.3, -0.25) is 4.79 Å². The van der Waals surface area contributed by atoms with Gasteiger partial charge in [-0.25, -0.2) is 13.9 Å². The predicted octanol–water partition coefficient (Wildman–Crippen LogP) is -0.751. The lowest BCUT2D eigenvalue weighted by atomic mass is 10.0. The molecule has 122 valence electrons. The molecule has 1 aromatic rings. The third kappa shape index (κ3) is 2.85.